The monoisotopic (exact) mass is 291 g/mol. The van der Waals surface area contributed by atoms with Crippen LogP contribution < -0.4 is 11.1 Å². The number of carbonyl (C=O) groups excluding carboxylic acids is 1. The molecule has 0 bridgehead atoms. The second kappa shape index (κ2) is 6.79. The van der Waals surface area contributed by atoms with E-state index in [1.54, 1.807) is 0 Å². The van der Waals surface area contributed by atoms with Gasteiger partial charge in [-0.05, 0) is 18.6 Å². The average Bonchev–Trinajstić information content (AvgIpc) is 2.61. The zero-order chi connectivity index (χ0) is 13.1. The maximum absolute atomic E-state index is 12.9. The van der Waals surface area contributed by atoms with Crippen LogP contribution in [0.1, 0.15) is 6.42 Å². The van der Waals surface area contributed by atoms with Crippen LogP contribution in [0.3, 0.4) is 0 Å². The highest BCUT2D eigenvalue weighted by Crippen LogP contribution is 2.13. The quantitative estimate of drug-likeness (QED) is 0.884. The summed E-state index contributed by atoms with van der Waals surface area (Å²) in [7, 11) is 0. The van der Waals surface area contributed by atoms with E-state index in [1.165, 1.54) is 0 Å². The minimum Gasteiger partial charge on any atom is -0.326 e. The normalized spacial score (nSPS) is 19.0. The lowest BCUT2D eigenvalue weighted by Gasteiger charge is -2.14. The summed E-state index contributed by atoms with van der Waals surface area (Å²) in [5.41, 5.74) is 5.85. The molecule has 1 aliphatic rings. The second-order valence-corrected chi connectivity index (χ2v) is 4.49. The highest BCUT2D eigenvalue weighted by Gasteiger charge is 2.21. The van der Waals surface area contributed by atoms with E-state index in [0.717, 1.165) is 31.2 Å². The Bertz CT molecular complexity index is 438. The molecular formula is C12H16ClF2N3O. The molecule has 1 saturated heterocycles. The topological polar surface area (TPSA) is 58.4 Å². The third kappa shape index (κ3) is 4.74. The maximum atomic E-state index is 12.9. The molecule has 4 nitrogen and oxygen atoms in total. The Balaban J connectivity index is 0.00000180. The van der Waals surface area contributed by atoms with E-state index in [9.17, 15) is 13.6 Å². The number of halogens is 3. The first-order valence-electron chi connectivity index (χ1n) is 5.77. The summed E-state index contributed by atoms with van der Waals surface area (Å²) in [4.78, 5) is 13.6. The molecule has 1 heterocycles. The molecule has 106 valence electrons. The lowest BCUT2D eigenvalue weighted by Crippen LogP contribution is -2.33. The molecule has 1 aromatic carbocycles. The van der Waals surface area contributed by atoms with Crippen LogP contribution in [-0.4, -0.2) is 36.5 Å². The SMILES string of the molecule is Cl.N[C@@H]1CCN(CC(=O)Nc2cc(F)cc(F)c2)C1. The van der Waals surface area contributed by atoms with E-state index in [4.69, 9.17) is 5.73 Å². The number of hydrogen-bond acceptors (Lipinski definition) is 3. The van der Waals surface area contributed by atoms with Gasteiger partial charge in [0.25, 0.3) is 0 Å². The zero-order valence-electron chi connectivity index (χ0n) is 10.2. The van der Waals surface area contributed by atoms with Crippen LogP contribution in [0.4, 0.5) is 14.5 Å². The predicted octanol–water partition coefficient (Wildman–Crippen LogP) is 1.36. The Morgan fingerprint density at radius 2 is 2.00 bits per heavy atom. The Morgan fingerprint density at radius 1 is 1.37 bits per heavy atom. The second-order valence-electron chi connectivity index (χ2n) is 4.49. The Kier molecular flexibility index (Phi) is 5.65. The molecular weight excluding hydrogens is 276 g/mol. The van der Waals surface area contributed by atoms with Gasteiger partial charge in [-0.2, -0.15) is 0 Å². The van der Waals surface area contributed by atoms with Crippen LogP contribution in [0.2, 0.25) is 0 Å². The van der Waals surface area contributed by atoms with Crippen LogP contribution in [0.5, 0.6) is 0 Å². The Labute approximate surface area is 116 Å². The van der Waals surface area contributed by atoms with Crippen LogP contribution >= 0.6 is 12.4 Å². The number of anilines is 1. The first kappa shape index (κ1) is 15.8. The maximum Gasteiger partial charge on any atom is 0.238 e. The average molecular weight is 292 g/mol. The molecule has 2 rings (SSSR count). The third-order valence-corrected chi connectivity index (χ3v) is 2.82. The molecule has 1 aromatic rings. The minimum absolute atomic E-state index is 0. The summed E-state index contributed by atoms with van der Waals surface area (Å²) in [6.45, 7) is 1.63. The van der Waals surface area contributed by atoms with Crippen molar-refractivity contribution in [1.29, 1.82) is 0 Å². The van der Waals surface area contributed by atoms with E-state index in [2.05, 4.69) is 5.32 Å². The minimum atomic E-state index is -0.714. The van der Waals surface area contributed by atoms with Gasteiger partial charge in [-0.3, -0.25) is 9.69 Å². The Morgan fingerprint density at radius 3 is 2.53 bits per heavy atom. The van der Waals surface area contributed by atoms with Gasteiger partial charge < -0.3 is 11.1 Å². The molecule has 1 aliphatic heterocycles. The molecule has 0 aliphatic carbocycles. The van der Waals surface area contributed by atoms with Crippen molar-refractivity contribution in [2.24, 2.45) is 5.73 Å². The number of nitrogens with zero attached hydrogens (tertiary/aromatic N) is 1. The number of carbonyl (C=O) groups is 1. The van der Waals surface area contributed by atoms with Crippen molar-refractivity contribution in [3.63, 3.8) is 0 Å². The fourth-order valence-electron chi connectivity index (χ4n) is 2.04. The molecule has 1 atom stereocenters. The number of rotatable bonds is 3. The van der Waals surface area contributed by atoms with Gasteiger partial charge in [0.05, 0.1) is 6.54 Å². The number of likely N-dealkylation sites (tertiary alicyclic amines) is 1. The van der Waals surface area contributed by atoms with Gasteiger partial charge in [0.2, 0.25) is 5.91 Å². The van der Waals surface area contributed by atoms with E-state index in [-0.39, 0.29) is 36.6 Å². The van der Waals surface area contributed by atoms with Crippen molar-refractivity contribution in [1.82, 2.24) is 4.90 Å². The van der Waals surface area contributed by atoms with Gasteiger partial charge in [-0.25, -0.2) is 8.78 Å². The van der Waals surface area contributed by atoms with E-state index in [1.807, 2.05) is 4.90 Å². The van der Waals surface area contributed by atoms with Crippen molar-refractivity contribution in [3.05, 3.63) is 29.8 Å². The van der Waals surface area contributed by atoms with Crippen LogP contribution in [-0.2, 0) is 4.79 Å². The molecule has 1 amide bonds. The van der Waals surface area contributed by atoms with E-state index < -0.39 is 11.6 Å². The summed E-state index contributed by atoms with van der Waals surface area (Å²) in [5, 5.41) is 2.46. The summed E-state index contributed by atoms with van der Waals surface area (Å²) in [6, 6.07) is 3.02. The summed E-state index contributed by atoms with van der Waals surface area (Å²) in [6.07, 6.45) is 0.863. The largest absolute Gasteiger partial charge is 0.326 e. The van der Waals surface area contributed by atoms with Crippen molar-refractivity contribution in [2.75, 3.05) is 25.0 Å². The number of nitrogens with one attached hydrogen (secondary N) is 1. The van der Waals surface area contributed by atoms with Crippen molar-refractivity contribution in [3.8, 4) is 0 Å². The van der Waals surface area contributed by atoms with Crippen LogP contribution in [0.15, 0.2) is 18.2 Å². The molecule has 7 heteroatoms. The summed E-state index contributed by atoms with van der Waals surface area (Å²) in [5.74, 6) is -1.73. The number of hydrogen-bond donors (Lipinski definition) is 2. The van der Waals surface area contributed by atoms with Gasteiger partial charge >= 0.3 is 0 Å². The highest BCUT2D eigenvalue weighted by atomic mass is 35.5. The molecule has 0 spiro atoms. The highest BCUT2D eigenvalue weighted by molar-refractivity contribution is 5.92. The van der Waals surface area contributed by atoms with Gasteiger partial charge in [0.15, 0.2) is 0 Å². The lowest BCUT2D eigenvalue weighted by atomic mass is 10.3. The third-order valence-electron chi connectivity index (χ3n) is 2.82. The van der Waals surface area contributed by atoms with Crippen molar-refractivity contribution in [2.45, 2.75) is 12.5 Å². The van der Waals surface area contributed by atoms with Gasteiger partial charge in [-0.15, -0.1) is 12.4 Å². The van der Waals surface area contributed by atoms with Gasteiger partial charge in [0.1, 0.15) is 11.6 Å². The fraction of sp³-hybridized carbons (Fsp3) is 0.417. The fourth-order valence-corrected chi connectivity index (χ4v) is 2.04. The smallest absolute Gasteiger partial charge is 0.238 e. The lowest BCUT2D eigenvalue weighted by molar-refractivity contribution is -0.117. The zero-order valence-corrected chi connectivity index (χ0v) is 11.1. The number of benzene rings is 1. The first-order valence-corrected chi connectivity index (χ1v) is 5.77. The van der Waals surface area contributed by atoms with E-state index >= 15 is 0 Å². The molecule has 0 unspecified atom stereocenters. The van der Waals surface area contributed by atoms with Gasteiger partial charge in [0, 0.05) is 30.9 Å². The Hall–Kier alpha value is -1.24. The van der Waals surface area contributed by atoms with Gasteiger partial charge in [-0.1, -0.05) is 0 Å². The molecule has 0 radical (unpaired) electrons. The molecule has 0 saturated carbocycles. The molecule has 0 aromatic heterocycles. The number of amides is 1. The van der Waals surface area contributed by atoms with Crippen molar-refractivity contribution >= 4 is 24.0 Å². The first-order chi connectivity index (χ1) is 8.52. The van der Waals surface area contributed by atoms with Crippen LogP contribution in [0, 0.1) is 11.6 Å². The molecule has 19 heavy (non-hydrogen) atoms. The standard InChI is InChI=1S/C12H15F2N3O.ClH/c13-8-3-9(14)5-11(4-8)16-12(18)7-17-2-1-10(15)6-17;/h3-5,10H,1-2,6-7,15H2,(H,16,18);1H/t10-;/m1./s1. The molecule has 3 N–H and O–H groups in total. The summed E-state index contributed by atoms with van der Waals surface area (Å²) >= 11 is 0. The van der Waals surface area contributed by atoms with E-state index in [0.29, 0.717) is 6.54 Å². The van der Waals surface area contributed by atoms with Crippen molar-refractivity contribution < 1.29 is 13.6 Å². The molecule has 1 fully saturated rings. The summed E-state index contributed by atoms with van der Waals surface area (Å²) < 4.78 is 25.8. The predicted molar refractivity (Wildman–Crippen MR) is 71.3 cm³/mol. The number of nitrogens with two attached hydrogens (primary N) is 1. The van der Waals surface area contributed by atoms with Crippen LogP contribution in [0.25, 0.3) is 0 Å².